The monoisotopic (exact) mass is 328 g/mol. The summed E-state index contributed by atoms with van der Waals surface area (Å²) >= 11 is 0. The van der Waals surface area contributed by atoms with Gasteiger partial charge < -0.3 is 15.0 Å². The molecule has 2 amide bonds. The van der Waals surface area contributed by atoms with Crippen molar-refractivity contribution in [1.29, 1.82) is 0 Å². The Morgan fingerprint density at radius 1 is 1.33 bits per heavy atom. The lowest BCUT2D eigenvalue weighted by Crippen LogP contribution is -2.46. The summed E-state index contributed by atoms with van der Waals surface area (Å²) in [5.41, 5.74) is 1.98. The number of carbonyl (C=O) groups is 1. The number of carbonyl (C=O) groups excluding carboxylic acids is 1. The van der Waals surface area contributed by atoms with E-state index >= 15 is 0 Å². The van der Waals surface area contributed by atoms with E-state index in [2.05, 4.69) is 10.4 Å². The van der Waals surface area contributed by atoms with E-state index in [1.54, 1.807) is 11.1 Å². The number of rotatable bonds is 4. The quantitative estimate of drug-likeness (QED) is 0.939. The van der Waals surface area contributed by atoms with Gasteiger partial charge in [-0.25, -0.2) is 9.48 Å². The van der Waals surface area contributed by atoms with Crippen LogP contribution in [0.2, 0.25) is 0 Å². The van der Waals surface area contributed by atoms with Crippen LogP contribution in [0.25, 0.3) is 5.69 Å². The van der Waals surface area contributed by atoms with E-state index in [1.165, 1.54) is 0 Å². The largest absolute Gasteiger partial charge is 0.381 e. The van der Waals surface area contributed by atoms with Gasteiger partial charge in [-0.2, -0.15) is 5.10 Å². The summed E-state index contributed by atoms with van der Waals surface area (Å²) in [6.45, 7) is 3.42. The number of nitrogens with zero attached hydrogens (tertiary/aromatic N) is 3. The molecular formula is C18H24N4O2. The van der Waals surface area contributed by atoms with Crippen molar-refractivity contribution in [3.8, 4) is 5.69 Å². The lowest BCUT2D eigenvalue weighted by Gasteiger charge is -2.32. The highest BCUT2D eigenvalue weighted by molar-refractivity contribution is 5.74. The second kappa shape index (κ2) is 7.49. The highest BCUT2D eigenvalue weighted by atomic mass is 16.5. The maximum atomic E-state index is 12.4. The van der Waals surface area contributed by atoms with Gasteiger partial charge in [0.05, 0.1) is 17.9 Å². The first-order chi connectivity index (χ1) is 11.6. The van der Waals surface area contributed by atoms with E-state index < -0.39 is 0 Å². The predicted molar refractivity (Wildman–Crippen MR) is 92.1 cm³/mol. The molecule has 0 unspecified atom stereocenters. The fourth-order valence-corrected chi connectivity index (χ4v) is 2.89. The van der Waals surface area contributed by atoms with Crippen molar-refractivity contribution in [1.82, 2.24) is 20.0 Å². The van der Waals surface area contributed by atoms with Crippen LogP contribution < -0.4 is 5.32 Å². The van der Waals surface area contributed by atoms with E-state index in [0.29, 0.717) is 0 Å². The zero-order valence-corrected chi connectivity index (χ0v) is 14.2. The van der Waals surface area contributed by atoms with Gasteiger partial charge in [0, 0.05) is 38.1 Å². The lowest BCUT2D eigenvalue weighted by molar-refractivity contribution is 0.0522. The maximum Gasteiger partial charge on any atom is 0.317 e. The highest BCUT2D eigenvalue weighted by Gasteiger charge is 2.23. The Morgan fingerprint density at radius 3 is 2.75 bits per heavy atom. The number of hydrogen-bond acceptors (Lipinski definition) is 3. The summed E-state index contributed by atoms with van der Waals surface area (Å²) in [4.78, 5) is 14.2. The van der Waals surface area contributed by atoms with Crippen LogP contribution in [0.15, 0.2) is 42.7 Å². The van der Waals surface area contributed by atoms with Gasteiger partial charge in [0.2, 0.25) is 0 Å². The smallest absolute Gasteiger partial charge is 0.317 e. The SMILES string of the molecule is C[C@@H](NC(=O)N(C)C1CCOCC1)c1cnn(-c2ccccc2)c1. The molecule has 2 aromatic rings. The second-order valence-electron chi connectivity index (χ2n) is 6.18. The normalized spacial score (nSPS) is 16.6. The number of benzene rings is 1. The van der Waals surface area contributed by atoms with Crippen LogP contribution in [-0.4, -0.2) is 47.0 Å². The summed E-state index contributed by atoms with van der Waals surface area (Å²) in [5, 5.41) is 7.44. The van der Waals surface area contributed by atoms with E-state index in [9.17, 15) is 4.79 Å². The van der Waals surface area contributed by atoms with Gasteiger partial charge in [-0.05, 0) is 31.9 Å². The van der Waals surface area contributed by atoms with Crippen LogP contribution in [0.5, 0.6) is 0 Å². The number of urea groups is 1. The lowest BCUT2D eigenvalue weighted by atomic mass is 10.1. The number of aromatic nitrogens is 2. The standard InChI is InChI=1S/C18H24N4O2/c1-14(20-18(23)21(2)16-8-10-24-11-9-16)15-12-19-22(13-15)17-6-4-3-5-7-17/h3-7,12-14,16H,8-11H2,1-2H3,(H,20,23)/t14-/m1/s1. The van der Waals surface area contributed by atoms with E-state index in [0.717, 1.165) is 37.3 Å². The predicted octanol–water partition coefficient (Wildman–Crippen LogP) is 2.75. The van der Waals surface area contributed by atoms with Gasteiger partial charge in [-0.3, -0.25) is 0 Å². The molecular weight excluding hydrogens is 304 g/mol. The van der Waals surface area contributed by atoms with E-state index in [-0.39, 0.29) is 18.1 Å². The Labute approximate surface area is 142 Å². The molecule has 0 saturated carbocycles. The molecule has 1 N–H and O–H groups in total. The fraction of sp³-hybridized carbons (Fsp3) is 0.444. The average Bonchev–Trinajstić information content (AvgIpc) is 3.13. The summed E-state index contributed by atoms with van der Waals surface area (Å²) < 4.78 is 7.18. The van der Waals surface area contributed by atoms with Crippen molar-refractivity contribution in [3.05, 3.63) is 48.3 Å². The number of hydrogen-bond donors (Lipinski definition) is 1. The molecule has 24 heavy (non-hydrogen) atoms. The molecule has 6 nitrogen and oxygen atoms in total. The molecule has 0 radical (unpaired) electrons. The van der Waals surface area contributed by atoms with Crippen LogP contribution in [0.3, 0.4) is 0 Å². The van der Waals surface area contributed by atoms with Gasteiger partial charge in [-0.15, -0.1) is 0 Å². The third-order valence-corrected chi connectivity index (χ3v) is 4.52. The average molecular weight is 328 g/mol. The first-order valence-electron chi connectivity index (χ1n) is 8.36. The van der Waals surface area contributed by atoms with Crippen molar-refractivity contribution in [3.63, 3.8) is 0 Å². The molecule has 1 aliphatic rings. The van der Waals surface area contributed by atoms with Crippen molar-refractivity contribution < 1.29 is 9.53 Å². The van der Waals surface area contributed by atoms with E-state index in [1.807, 2.05) is 55.2 Å². The topological polar surface area (TPSA) is 59.4 Å². The van der Waals surface area contributed by atoms with Gasteiger partial charge in [0.15, 0.2) is 0 Å². The van der Waals surface area contributed by atoms with Crippen LogP contribution in [0.1, 0.15) is 31.4 Å². The number of ether oxygens (including phenoxy) is 1. The van der Waals surface area contributed by atoms with Gasteiger partial charge in [0.25, 0.3) is 0 Å². The van der Waals surface area contributed by atoms with Gasteiger partial charge >= 0.3 is 6.03 Å². The molecule has 1 saturated heterocycles. The van der Waals surface area contributed by atoms with Crippen LogP contribution in [-0.2, 0) is 4.74 Å². The Morgan fingerprint density at radius 2 is 2.04 bits per heavy atom. The Bertz CT molecular complexity index is 665. The van der Waals surface area contributed by atoms with Crippen LogP contribution in [0, 0.1) is 0 Å². The molecule has 0 spiro atoms. The third-order valence-electron chi connectivity index (χ3n) is 4.52. The molecule has 128 valence electrons. The first-order valence-corrected chi connectivity index (χ1v) is 8.36. The zero-order valence-electron chi connectivity index (χ0n) is 14.2. The molecule has 0 aliphatic carbocycles. The molecule has 1 fully saturated rings. The van der Waals surface area contributed by atoms with Gasteiger partial charge in [-0.1, -0.05) is 18.2 Å². The molecule has 3 rings (SSSR count). The number of nitrogens with one attached hydrogen (secondary N) is 1. The first kappa shape index (κ1) is 16.5. The second-order valence-corrected chi connectivity index (χ2v) is 6.18. The molecule has 2 heterocycles. The van der Waals surface area contributed by atoms with Crippen molar-refractivity contribution in [2.75, 3.05) is 20.3 Å². The molecule has 0 bridgehead atoms. The van der Waals surface area contributed by atoms with Crippen LogP contribution >= 0.6 is 0 Å². The minimum Gasteiger partial charge on any atom is -0.381 e. The number of para-hydroxylation sites is 1. The van der Waals surface area contributed by atoms with Gasteiger partial charge in [0.1, 0.15) is 0 Å². The summed E-state index contributed by atoms with van der Waals surface area (Å²) in [7, 11) is 1.85. The van der Waals surface area contributed by atoms with Crippen LogP contribution in [0.4, 0.5) is 4.79 Å². The summed E-state index contributed by atoms with van der Waals surface area (Å²) in [6, 6.07) is 10.0. The van der Waals surface area contributed by atoms with E-state index in [4.69, 9.17) is 4.74 Å². The zero-order chi connectivity index (χ0) is 16.9. The van der Waals surface area contributed by atoms with Crippen molar-refractivity contribution in [2.45, 2.75) is 31.8 Å². The summed E-state index contributed by atoms with van der Waals surface area (Å²) in [6.07, 6.45) is 5.54. The molecule has 1 aromatic heterocycles. The molecule has 6 heteroatoms. The Balaban J connectivity index is 1.61. The Hall–Kier alpha value is -2.34. The summed E-state index contributed by atoms with van der Waals surface area (Å²) in [5.74, 6) is 0. The highest BCUT2D eigenvalue weighted by Crippen LogP contribution is 2.17. The van der Waals surface area contributed by atoms with Crippen molar-refractivity contribution >= 4 is 6.03 Å². The molecule has 1 atom stereocenters. The molecule has 1 aliphatic heterocycles. The Kier molecular flexibility index (Phi) is 5.15. The number of amides is 2. The molecule has 1 aromatic carbocycles. The van der Waals surface area contributed by atoms with Crippen molar-refractivity contribution in [2.24, 2.45) is 0 Å². The maximum absolute atomic E-state index is 12.4. The third kappa shape index (κ3) is 3.76. The minimum absolute atomic E-state index is 0.0538. The minimum atomic E-state index is -0.0998. The fourth-order valence-electron chi connectivity index (χ4n) is 2.89.